The van der Waals surface area contributed by atoms with E-state index >= 15 is 0 Å². The predicted molar refractivity (Wildman–Crippen MR) is 102 cm³/mol. The monoisotopic (exact) mass is 330 g/mol. The van der Waals surface area contributed by atoms with Crippen LogP contribution in [-0.4, -0.2) is 0 Å². The summed E-state index contributed by atoms with van der Waals surface area (Å²) in [4.78, 5) is 0. The molecule has 0 amide bonds. The van der Waals surface area contributed by atoms with E-state index in [9.17, 15) is 0 Å². The van der Waals surface area contributed by atoms with E-state index in [-0.39, 0.29) is 0 Å². The summed E-state index contributed by atoms with van der Waals surface area (Å²) >= 11 is 0. The fourth-order valence-electron chi connectivity index (χ4n) is 2.97. The van der Waals surface area contributed by atoms with Gasteiger partial charge in [0.2, 0.25) is 0 Å². The standard InChI is InChI=1S/C21H38N.CN/c1-3-5-7-8-9-10-11-12-13-14-18-22-19-16-21(17-20-22)15-6-4-2;1-2/h16-17,19-20H,3-15,18H2,1-2H3;/q+1;-1. The third kappa shape index (κ3) is 13.1. The van der Waals surface area contributed by atoms with Gasteiger partial charge in [0, 0.05) is 18.6 Å². The van der Waals surface area contributed by atoms with Crippen molar-refractivity contribution in [2.24, 2.45) is 0 Å². The molecule has 0 aromatic carbocycles. The molecule has 0 aliphatic heterocycles. The Morgan fingerprint density at radius 1 is 0.708 bits per heavy atom. The van der Waals surface area contributed by atoms with E-state index in [1.807, 2.05) is 0 Å². The lowest BCUT2D eigenvalue weighted by molar-refractivity contribution is -0.697. The number of hydrogen-bond donors (Lipinski definition) is 0. The van der Waals surface area contributed by atoms with Crippen LogP contribution in [0.25, 0.3) is 0 Å². The van der Waals surface area contributed by atoms with E-state index in [2.05, 4.69) is 42.9 Å². The third-order valence-corrected chi connectivity index (χ3v) is 4.55. The fraction of sp³-hybridized carbons (Fsp3) is 0.727. The van der Waals surface area contributed by atoms with Crippen molar-refractivity contribution in [3.63, 3.8) is 0 Å². The minimum absolute atomic E-state index is 1.19. The number of nitrogens with zero attached hydrogens (tertiary/aromatic N) is 2. The number of rotatable bonds is 14. The van der Waals surface area contributed by atoms with Gasteiger partial charge in [0.05, 0.1) is 0 Å². The highest BCUT2D eigenvalue weighted by atomic mass is 14.9. The quantitative estimate of drug-likeness (QED) is 0.222. The van der Waals surface area contributed by atoms with Gasteiger partial charge in [-0.1, -0.05) is 71.6 Å². The Bertz CT molecular complexity index is 381. The molecule has 0 aliphatic rings. The lowest BCUT2D eigenvalue weighted by Crippen LogP contribution is -2.32. The van der Waals surface area contributed by atoms with Crippen molar-refractivity contribution in [3.8, 4) is 0 Å². The Balaban J connectivity index is 0.00000254. The Labute approximate surface area is 150 Å². The maximum absolute atomic E-state index is 6.25. The topological polar surface area (TPSA) is 27.7 Å². The van der Waals surface area contributed by atoms with Crippen LogP contribution < -0.4 is 4.57 Å². The number of aryl methyl sites for hydroxylation is 2. The summed E-state index contributed by atoms with van der Waals surface area (Å²) in [6, 6.07) is 4.60. The minimum atomic E-state index is 1.19. The first kappa shape index (κ1) is 22.6. The van der Waals surface area contributed by atoms with Crippen LogP contribution in [0, 0.1) is 11.8 Å². The maximum atomic E-state index is 6.25. The van der Waals surface area contributed by atoms with Gasteiger partial charge in [0.15, 0.2) is 12.4 Å². The van der Waals surface area contributed by atoms with Crippen LogP contribution in [0.2, 0.25) is 0 Å². The molecule has 1 heterocycles. The molecule has 1 aromatic rings. The average molecular weight is 331 g/mol. The number of pyridine rings is 1. The molecule has 0 spiro atoms. The van der Waals surface area contributed by atoms with E-state index in [0.29, 0.717) is 0 Å². The SMILES string of the molecule is CCCCCCCCCCCC[n+]1ccc(CCCC)cc1.[C-]#N. The van der Waals surface area contributed by atoms with Gasteiger partial charge in [-0.05, 0) is 24.8 Å². The van der Waals surface area contributed by atoms with Crippen LogP contribution in [0.5, 0.6) is 0 Å². The molecule has 0 bridgehead atoms. The molecule has 1 rings (SSSR count). The smallest absolute Gasteiger partial charge is 0.169 e. The van der Waals surface area contributed by atoms with Crippen molar-refractivity contribution in [3.05, 3.63) is 36.7 Å². The molecule has 24 heavy (non-hydrogen) atoms. The third-order valence-electron chi connectivity index (χ3n) is 4.55. The van der Waals surface area contributed by atoms with Gasteiger partial charge < -0.3 is 11.8 Å². The van der Waals surface area contributed by atoms with Crippen LogP contribution in [0.4, 0.5) is 0 Å². The van der Waals surface area contributed by atoms with Crippen molar-refractivity contribution in [2.45, 2.75) is 104 Å². The molecule has 1 aromatic heterocycles. The van der Waals surface area contributed by atoms with Gasteiger partial charge >= 0.3 is 0 Å². The molecule has 0 N–H and O–H groups in total. The molecule has 0 aliphatic carbocycles. The normalized spacial score (nSPS) is 10.2. The van der Waals surface area contributed by atoms with E-state index in [1.54, 1.807) is 0 Å². The van der Waals surface area contributed by atoms with Crippen LogP contribution in [0.15, 0.2) is 24.5 Å². The number of hydrogen-bond acceptors (Lipinski definition) is 1. The summed E-state index contributed by atoms with van der Waals surface area (Å²) < 4.78 is 2.35. The zero-order valence-corrected chi connectivity index (χ0v) is 16.1. The van der Waals surface area contributed by atoms with Crippen LogP contribution in [0.3, 0.4) is 0 Å². The Morgan fingerprint density at radius 2 is 1.17 bits per heavy atom. The highest BCUT2D eigenvalue weighted by Crippen LogP contribution is 2.10. The Morgan fingerprint density at radius 3 is 1.67 bits per heavy atom. The summed E-state index contributed by atoms with van der Waals surface area (Å²) in [5.41, 5.74) is 1.49. The van der Waals surface area contributed by atoms with Gasteiger partial charge in [0.25, 0.3) is 0 Å². The fourth-order valence-corrected chi connectivity index (χ4v) is 2.97. The van der Waals surface area contributed by atoms with Gasteiger partial charge in [-0.3, -0.25) is 0 Å². The van der Waals surface area contributed by atoms with Crippen molar-refractivity contribution >= 4 is 0 Å². The average Bonchev–Trinajstić information content (AvgIpc) is 2.64. The van der Waals surface area contributed by atoms with Crippen LogP contribution in [0.1, 0.15) is 96.5 Å². The van der Waals surface area contributed by atoms with E-state index < -0.39 is 0 Å². The highest BCUT2D eigenvalue weighted by Gasteiger charge is 2.01. The first-order chi connectivity index (χ1) is 11.9. The minimum Gasteiger partial charge on any atom is -0.512 e. The molecule has 0 unspecified atom stereocenters. The van der Waals surface area contributed by atoms with Gasteiger partial charge in [0.1, 0.15) is 6.54 Å². The van der Waals surface area contributed by atoms with Crippen molar-refractivity contribution in [1.29, 1.82) is 5.26 Å². The number of unbranched alkanes of at least 4 members (excludes halogenated alkanes) is 10. The molecular formula is C22H38N2. The van der Waals surface area contributed by atoms with E-state index in [4.69, 9.17) is 11.8 Å². The Hall–Kier alpha value is -1.36. The van der Waals surface area contributed by atoms with Gasteiger partial charge in [-0.2, -0.15) is 0 Å². The molecule has 136 valence electrons. The summed E-state index contributed by atoms with van der Waals surface area (Å²) in [6.07, 6.45) is 22.5. The second-order valence-corrected chi connectivity index (χ2v) is 6.73. The van der Waals surface area contributed by atoms with Gasteiger partial charge in [-0.25, -0.2) is 4.57 Å². The first-order valence-corrected chi connectivity index (χ1v) is 10.1. The molecule has 0 radical (unpaired) electrons. The molecule has 2 nitrogen and oxygen atoms in total. The summed E-state index contributed by atoms with van der Waals surface area (Å²) in [5.74, 6) is 0. The second kappa shape index (κ2) is 18.0. The molecule has 0 saturated heterocycles. The van der Waals surface area contributed by atoms with Crippen molar-refractivity contribution < 1.29 is 4.57 Å². The van der Waals surface area contributed by atoms with Crippen molar-refractivity contribution in [2.75, 3.05) is 0 Å². The lowest BCUT2D eigenvalue weighted by atomic mass is 10.1. The van der Waals surface area contributed by atoms with Gasteiger partial charge in [-0.15, -0.1) is 0 Å². The van der Waals surface area contributed by atoms with Crippen molar-refractivity contribution in [1.82, 2.24) is 0 Å². The molecule has 2 heteroatoms. The molecule has 0 fully saturated rings. The zero-order chi connectivity index (χ0) is 17.9. The van der Waals surface area contributed by atoms with Crippen LogP contribution in [-0.2, 0) is 13.0 Å². The molecule has 0 saturated carbocycles. The second-order valence-electron chi connectivity index (χ2n) is 6.73. The largest absolute Gasteiger partial charge is 0.512 e. The summed E-state index contributed by atoms with van der Waals surface area (Å²) in [6.45, 7) is 10.5. The van der Waals surface area contributed by atoms with E-state index in [0.717, 1.165) is 0 Å². The summed E-state index contributed by atoms with van der Waals surface area (Å²) in [7, 11) is 0. The Kier molecular flexibility index (Phi) is 17.0. The van der Waals surface area contributed by atoms with E-state index in [1.165, 1.54) is 95.6 Å². The maximum Gasteiger partial charge on any atom is 0.169 e. The summed E-state index contributed by atoms with van der Waals surface area (Å²) in [5, 5.41) is 6.25. The first-order valence-electron chi connectivity index (χ1n) is 10.1. The van der Waals surface area contributed by atoms with Crippen LogP contribution >= 0.6 is 0 Å². The lowest BCUT2D eigenvalue weighted by Gasteiger charge is -2.02. The molecule has 0 atom stereocenters. The zero-order valence-electron chi connectivity index (χ0n) is 16.1. The predicted octanol–water partition coefficient (Wildman–Crippen LogP) is 6.33. The highest BCUT2D eigenvalue weighted by molar-refractivity contribution is 5.06. The molecular weight excluding hydrogens is 292 g/mol. The number of aromatic nitrogens is 1.